The molecule has 0 spiro atoms. The molecule has 21 heavy (non-hydrogen) atoms. The van der Waals surface area contributed by atoms with Gasteiger partial charge >= 0.3 is 0 Å². The minimum atomic E-state index is -0.162. The Morgan fingerprint density at radius 1 is 1.33 bits per heavy atom. The molecule has 0 aliphatic heterocycles. The van der Waals surface area contributed by atoms with Crippen LogP contribution in [0, 0.1) is 0 Å². The molecule has 0 bridgehead atoms. The van der Waals surface area contributed by atoms with Gasteiger partial charge in [0, 0.05) is 12.1 Å². The van der Waals surface area contributed by atoms with Crippen LogP contribution in [0.3, 0.4) is 0 Å². The average Bonchev–Trinajstić information content (AvgIpc) is 2.69. The number of hydrogen-bond acceptors (Lipinski definition) is 3. The van der Waals surface area contributed by atoms with Gasteiger partial charge in [-0.05, 0) is 18.8 Å². The molecule has 0 saturated heterocycles. The summed E-state index contributed by atoms with van der Waals surface area (Å²) in [6.07, 6.45) is 8.44. The summed E-state index contributed by atoms with van der Waals surface area (Å²) in [5.41, 5.74) is 0.602. The van der Waals surface area contributed by atoms with E-state index in [9.17, 15) is 9.59 Å². The second kappa shape index (κ2) is 7.38. The van der Waals surface area contributed by atoms with Gasteiger partial charge in [-0.2, -0.15) is 0 Å². The molecule has 1 aliphatic carbocycles. The van der Waals surface area contributed by atoms with Gasteiger partial charge < -0.3 is 5.32 Å². The summed E-state index contributed by atoms with van der Waals surface area (Å²) in [4.78, 5) is 28.3. The number of hydrogen-bond donors (Lipinski definition) is 1. The van der Waals surface area contributed by atoms with E-state index in [-0.39, 0.29) is 30.0 Å². The van der Waals surface area contributed by atoms with Crippen LogP contribution in [0.1, 0.15) is 64.0 Å². The Hall–Kier alpha value is -1.65. The zero-order valence-electron chi connectivity index (χ0n) is 13.0. The van der Waals surface area contributed by atoms with Crippen molar-refractivity contribution < 1.29 is 4.79 Å². The molecule has 5 nitrogen and oxygen atoms in total. The fourth-order valence-electron chi connectivity index (χ4n) is 2.73. The summed E-state index contributed by atoms with van der Waals surface area (Å²) in [5.74, 6) is 0.121. The Bertz CT molecular complexity index is 529. The fraction of sp³-hybridized carbons (Fsp3) is 0.688. The lowest BCUT2D eigenvalue weighted by atomic mass is 10.1. The predicted octanol–water partition coefficient (Wildman–Crippen LogP) is 2.21. The highest BCUT2D eigenvalue weighted by Gasteiger charge is 2.15. The van der Waals surface area contributed by atoms with Crippen molar-refractivity contribution in [2.24, 2.45) is 0 Å². The van der Waals surface area contributed by atoms with Crippen LogP contribution in [0.2, 0.25) is 0 Å². The predicted molar refractivity (Wildman–Crippen MR) is 82.2 cm³/mol. The summed E-state index contributed by atoms with van der Waals surface area (Å²) in [7, 11) is 0. The summed E-state index contributed by atoms with van der Waals surface area (Å²) in [6.45, 7) is 4.04. The largest absolute Gasteiger partial charge is 0.352 e. The normalized spacial score (nSPS) is 16.7. The average molecular weight is 291 g/mol. The lowest BCUT2D eigenvalue weighted by Crippen LogP contribution is -2.38. The van der Waals surface area contributed by atoms with E-state index in [1.54, 1.807) is 0 Å². The Kier molecular flexibility index (Phi) is 5.53. The molecule has 1 N–H and O–H groups in total. The molecule has 0 atom stereocenters. The Balaban J connectivity index is 1.94. The van der Waals surface area contributed by atoms with Gasteiger partial charge in [0.05, 0.1) is 12.0 Å². The molecule has 1 aliphatic rings. The third-order valence-electron chi connectivity index (χ3n) is 4.03. The van der Waals surface area contributed by atoms with E-state index in [2.05, 4.69) is 10.3 Å². The van der Waals surface area contributed by atoms with E-state index in [0.29, 0.717) is 0 Å². The summed E-state index contributed by atoms with van der Waals surface area (Å²) >= 11 is 0. The van der Waals surface area contributed by atoms with Crippen molar-refractivity contribution in [1.82, 2.24) is 14.9 Å². The van der Waals surface area contributed by atoms with Gasteiger partial charge in [0.25, 0.3) is 5.56 Å². The highest BCUT2D eigenvalue weighted by atomic mass is 16.2. The van der Waals surface area contributed by atoms with Gasteiger partial charge in [-0.25, -0.2) is 4.98 Å². The van der Waals surface area contributed by atoms with E-state index in [1.807, 2.05) is 13.8 Å². The van der Waals surface area contributed by atoms with Crippen LogP contribution < -0.4 is 10.9 Å². The first kappa shape index (κ1) is 15.7. The van der Waals surface area contributed by atoms with Gasteiger partial charge in [-0.15, -0.1) is 0 Å². The molecule has 116 valence electrons. The van der Waals surface area contributed by atoms with Crippen LogP contribution in [0.15, 0.2) is 17.2 Å². The molecule has 1 fully saturated rings. The number of carbonyl (C=O) groups is 1. The third kappa shape index (κ3) is 4.69. The maximum Gasteiger partial charge on any atom is 0.254 e. The minimum absolute atomic E-state index is 0.0563. The number of rotatable bonds is 4. The highest BCUT2D eigenvalue weighted by molar-refractivity contribution is 5.76. The standard InChI is InChI=1S/C16H25N3O2/c1-12(2)14-9-16(21)19(11-17-14)10-15(20)18-13-7-5-3-4-6-8-13/h9,11-13H,3-8,10H2,1-2H3,(H,18,20). The van der Waals surface area contributed by atoms with Crippen LogP contribution in [0.5, 0.6) is 0 Å². The zero-order valence-corrected chi connectivity index (χ0v) is 13.0. The monoisotopic (exact) mass is 291 g/mol. The van der Waals surface area contributed by atoms with Crippen molar-refractivity contribution >= 4 is 5.91 Å². The summed E-state index contributed by atoms with van der Waals surface area (Å²) < 4.78 is 1.37. The minimum Gasteiger partial charge on any atom is -0.352 e. The highest BCUT2D eigenvalue weighted by Crippen LogP contribution is 2.17. The topological polar surface area (TPSA) is 64.0 Å². The zero-order chi connectivity index (χ0) is 15.2. The molecule has 1 amide bonds. The smallest absolute Gasteiger partial charge is 0.254 e. The lowest BCUT2D eigenvalue weighted by Gasteiger charge is -2.16. The van der Waals surface area contributed by atoms with Crippen LogP contribution in [-0.2, 0) is 11.3 Å². The van der Waals surface area contributed by atoms with Gasteiger partial charge in [0.1, 0.15) is 6.54 Å². The van der Waals surface area contributed by atoms with Crippen LogP contribution in [0.25, 0.3) is 0 Å². The molecule has 0 radical (unpaired) electrons. The van der Waals surface area contributed by atoms with Crippen LogP contribution in [0.4, 0.5) is 0 Å². The second-order valence-corrected chi connectivity index (χ2v) is 6.19. The third-order valence-corrected chi connectivity index (χ3v) is 4.03. The number of carbonyl (C=O) groups excluding carboxylic acids is 1. The lowest BCUT2D eigenvalue weighted by molar-refractivity contribution is -0.122. The van der Waals surface area contributed by atoms with E-state index in [1.165, 1.54) is 42.6 Å². The first-order valence-electron chi connectivity index (χ1n) is 7.92. The summed E-state index contributed by atoms with van der Waals surface area (Å²) in [5, 5.41) is 3.05. The van der Waals surface area contributed by atoms with Crippen molar-refractivity contribution in [3.8, 4) is 0 Å². The Morgan fingerprint density at radius 2 is 2.00 bits per heavy atom. The van der Waals surface area contributed by atoms with Gasteiger partial charge in [-0.3, -0.25) is 14.2 Å². The van der Waals surface area contributed by atoms with E-state index >= 15 is 0 Å². The molecular weight excluding hydrogens is 266 g/mol. The maximum absolute atomic E-state index is 12.1. The van der Waals surface area contributed by atoms with Crippen molar-refractivity contribution in [1.29, 1.82) is 0 Å². The molecule has 0 unspecified atom stereocenters. The summed E-state index contributed by atoms with van der Waals surface area (Å²) in [6, 6.07) is 1.78. The molecule has 1 aromatic heterocycles. The maximum atomic E-state index is 12.1. The number of nitrogens with zero attached hydrogens (tertiary/aromatic N) is 2. The molecule has 5 heteroatoms. The van der Waals surface area contributed by atoms with Crippen LogP contribution >= 0.6 is 0 Å². The van der Waals surface area contributed by atoms with Gasteiger partial charge in [-0.1, -0.05) is 39.5 Å². The number of amides is 1. The molecular formula is C16H25N3O2. The van der Waals surface area contributed by atoms with E-state index in [0.717, 1.165) is 18.5 Å². The molecule has 0 aromatic carbocycles. The second-order valence-electron chi connectivity index (χ2n) is 6.19. The van der Waals surface area contributed by atoms with Crippen molar-refractivity contribution in [2.45, 2.75) is 70.9 Å². The molecule has 1 heterocycles. The number of nitrogens with one attached hydrogen (secondary N) is 1. The van der Waals surface area contributed by atoms with Gasteiger partial charge in [0.2, 0.25) is 5.91 Å². The van der Waals surface area contributed by atoms with Crippen molar-refractivity contribution in [3.63, 3.8) is 0 Å². The van der Waals surface area contributed by atoms with Crippen molar-refractivity contribution in [3.05, 3.63) is 28.4 Å². The first-order valence-corrected chi connectivity index (χ1v) is 7.92. The number of aromatic nitrogens is 2. The van der Waals surface area contributed by atoms with E-state index in [4.69, 9.17) is 0 Å². The molecule has 2 rings (SSSR count). The molecule has 1 saturated carbocycles. The Morgan fingerprint density at radius 3 is 2.57 bits per heavy atom. The van der Waals surface area contributed by atoms with Gasteiger partial charge in [0.15, 0.2) is 0 Å². The van der Waals surface area contributed by atoms with Crippen molar-refractivity contribution in [2.75, 3.05) is 0 Å². The van der Waals surface area contributed by atoms with E-state index < -0.39 is 0 Å². The quantitative estimate of drug-likeness (QED) is 0.865. The first-order chi connectivity index (χ1) is 10.1. The molecule has 1 aromatic rings. The Labute approximate surface area is 125 Å². The SMILES string of the molecule is CC(C)c1cc(=O)n(CC(=O)NC2CCCCCC2)cn1. The van der Waals surface area contributed by atoms with Crippen LogP contribution in [-0.4, -0.2) is 21.5 Å². The fourth-order valence-corrected chi connectivity index (χ4v) is 2.73.